The highest BCUT2D eigenvalue weighted by atomic mass is 16.5. The molecule has 1 heterocycles. The van der Waals surface area contributed by atoms with Crippen LogP contribution in [0.1, 0.15) is 18.5 Å². The molecule has 1 aromatic heterocycles. The van der Waals surface area contributed by atoms with Crippen LogP contribution in [-0.4, -0.2) is 12.1 Å². The largest absolute Gasteiger partial charge is 0.496 e. The summed E-state index contributed by atoms with van der Waals surface area (Å²) in [6.07, 6.45) is 3.41. The molecule has 0 fully saturated rings. The van der Waals surface area contributed by atoms with Crippen molar-refractivity contribution in [3.63, 3.8) is 0 Å². The summed E-state index contributed by atoms with van der Waals surface area (Å²) in [5, 5.41) is 0. The minimum Gasteiger partial charge on any atom is -0.496 e. The second-order valence-corrected chi connectivity index (χ2v) is 2.41. The molecule has 3 heteroatoms. The van der Waals surface area contributed by atoms with E-state index in [0.29, 0.717) is 0 Å². The molecular formula is C8H12N2O. The number of aromatic nitrogens is 1. The molecule has 3 nitrogen and oxygen atoms in total. The number of ether oxygens (including phenoxy) is 1. The van der Waals surface area contributed by atoms with Gasteiger partial charge in [0.2, 0.25) is 0 Å². The van der Waals surface area contributed by atoms with Crippen molar-refractivity contribution in [2.75, 3.05) is 7.11 Å². The van der Waals surface area contributed by atoms with Gasteiger partial charge in [-0.25, -0.2) is 0 Å². The second kappa shape index (κ2) is 3.34. The number of nitrogens with zero attached hydrogens (tertiary/aromatic N) is 1. The molecule has 0 saturated heterocycles. The molecule has 0 aliphatic rings. The molecule has 0 aliphatic carbocycles. The van der Waals surface area contributed by atoms with Crippen LogP contribution in [0.5, 0.6) is 5.75 Å². The zero-order valence-corrected chi connectivity index (χ0v) is 6.74. The van der Waals surface area contributed by atoms with Crippen molar-refractivity contribution in [3.05, 3.63) is 24.0 Å². The van der Waals surface area contributed by atoms with Crippen LogP contribution < -0.4 is 10.5 Å². The molecule has 60 valence electrons. The summed E-state index contributed by atoms with van der Waals surface area (Å²) >= 11 is 0. The van der Waals surface area contributed by atoms with E-state index < -0.39 is 0 Å². The van der Waals surface area contributed by atoms with E-state index in [1.54, 1.807) is 25.6 Å². The van der Waals surface area contributed by atoms with Gasteiger partial charge in [-0.15, -0.1) is 0 Å². The zero-order chi connectivity index (χ0) is 8.27. The Kier molecular flexibility index (Phi) is 2.44. The van der Waals surface area contributed by atoms with Gasteiger partial charge >= 0.3 is 0 Å². The monoisotopic (exact) mass is 152 g/mol. The van der Waals surface area contributed by atoms with Crippen molar-refractivity contribution in [2.24, 2.45) is 5.73 Å². The Hall–Kier alpha value is -1.09. The molecule has 1 aromatic rings. The Morgan fingerprint density at radius 2 is 2.36 bits per heavy atom. The van der Waals surface area contributed by atoms with E-state index in [9.17, 15) is 0 Å². The van der Waals surface area contributed by atoms with Gasteiger partial charge in [0.05, 0.1) is 7.11 Å². The Labute approximate surface area is 66.2 Å². The third-order valence-corrected chi connectivity index (χ3v) is 1.52. The van der Waals surface area contributed by atoms with Crippen molar-refractivity contribution in [2.45, 2.75) is 13.0 Å². The lowest BCUT2D eigenvalue weighted by molar-refractivity contribution is 0.406. The van der Waals surface area contributed by atoms with E-state index in [1.165, 1.54) is 0 Å². The van der Waals surface area contributed by atoms with Crippen LogP contribution in [0.25, 0.3) is 0 Å². The van der Waals surface area contributed by atoms with Gasteiger partial charge in [0.25, 0.3) is 0 Å². The Morgan fingerprint density at radius 1 is 1.64 bits per heavy atom. The number of hydrogen-bond donors (Lipinski definition) is 1. The number of methoxy groups -OCH3 is 1. The van der Waals surface area contributed by atoms with Gasteiger partial charge in [-0.3, -0.25) is 4.98 Å². The normalized spacial score (nSPS) is 12.6. The molecule has 0 spiro atoms. The predicted molar refractivity (Wildman–Crippen MR) is 43.4 cm³/mol. The first-order valence-electron chi connectivity index (χ1n) is 3.49. The molecule has 0 amide bonds. The summed E-state index contributed by atoms with van der Waals surface area (Å²) in [5.74, 6) is 0.801. The molecule has 1 rings (SSSR count). The van der Waals surface area contributed by atoms with E-state index in [-0.39, 0.29) is 6.04 Å². The number of rotatable bonds is 2. The summed E-state index contributed by atoms with van der Waals surface area (Å²) in [6.45, 7) is 1.90. The third-order valence-electron chi connectivity index (χ3n) is 1.52. The van der Waals surface area contributed by atoms with Crippen LogP contribution >= 0.6 is 0 Å². The molecule has 0 unspecified atom stereocenters. The first-order chi connectivity index (χ1) is 5.25. The summed E-state index contributed by atoms with van der Waals surface area (Å²) in [4.78, 5) is 3.95. The third kappa shape index (κ3) is 1.68. The lowest BCUT2D eigenvalue weighted by atomic mass is 10.1. The summed E-state index contributed by atoms with van der Waals surface area (Å²) in [5.41, 5.74) is 6.61. The van der Waals surface area contributed by atoms with Gasteiger partial charge < -0.3 is 10.5 Å². The maximum Gasteiger partial charge on any atom is 0.126 e. The minimum absolute atomic E-state index is 0.0290. The fraction of sp³-hybridized carbons (Fsp3) is 0.375. The first-order valence-corrected chi connectivity index (χ1v) is 3.49. The van der Waals surface area contributed by atoms with Crippen molar-refractivity contribution in [1.29, 1.82) is 0 Å². The molecule has 0 saturated carbocycles. The van der Waals surface area contributed by atoms with E-state index in [4.69, 9.17) is 10.5 Å². The minimum atomic E-state index is -0.0290. The molecule has 1 atom stereocenters. The zero-order valence-electron chi connectivity index (χ0n) is 6.74. The Bertz CT molecular complexity index is 235. The van der Waals surface area contributed by atoms with Crippen LogP contribution in [0.15, 0.2) is 18.5 Å². The maximum absolute atomic E-state index is 5.67. The fourth-order valence-electron chi connectivity index (χ4n) is 0.922. The van der Waals surface area contributed by atoms with Crippen LogP contribution in [0.2, 0.25) is 0 Å². The molecule has 0 bridgehead atoms. The average molecular weight is 152 g/mol. The Balaban J connectivity index is 3.02. The van der Waals surface area contributed by atoms with Gasteiger partial charge in [-0.2, -0.15) is 0 Å². The van der Waals surface area contributed by atoms with Gasteiger partial charge in [0.1, 0.15) is 5.75 Å². The van der Waals surface area contributed by atoms with Crippen LogP contribution in [-0.2, 0) is 0 Å². The number of pyridine rings is 1. The number of nitrogens with two attached hydrogens (primary N) is 1. The van der Waals surface area contributed by atoms with Gasteiger partial charge in [-0.05, 0) is 13.0 Å². The van der Waals surface area contributed by atoms with Crippen molar-refractivity contribution in [1.82, 2.24) is 4.98 Å². The van der Waals surface area contributed by atoms with Gasteiger partial charge in [0, 0.05) is 24.0 Å². The van der Waals surface area contributed by atoms with E-state index in [0.717, 1.165) is 11.3 Å². The van der Waals surface area contributed by atoms with Crippen molar-refractivity contribution >= 4 is 0 Å². The fourth-order valence-corrected chi connectivity index (χ4v) is 0.922. The second-order valence-electron chi connectivity index (χ2n) is 2.41. The van der Waals surface area contributed by atoms with E-state index >= 15 is 0 Å². The molecule has 11 heavy (non-hydrogen) atoms. The summed E-state index contributed by atoms with van der Waals surface area (Å²) in [7, 11) is 1.63. The first kappa shape index (κ1) is 8.01. The van der Waals surface area contributed by atoms with Gasteiger partial charge in [0.15, 0.2) is 0 Å². The predicted octanol–water partition coefficient (Wildman–Crippen LogP) is 1.11. The van der Waals surface area contributed by atoms with E-state index in [1.807, 2.05) is 6.92 Å². The molecule has 0 radical (unpaired) electrons. The van der Waals surface area contributed by atoms with Gasteiger partial charge in [-0.1, -0.05) is 0 Å². The van der Waals surface area contributed by atoms with Crippen LogP contribution in [0.4, 0.5) is 0 Å². The van der Waals surface area contributed by atoms with Crippen LogP contribution in [0, 0.1) is 0 Å². The highest BCUT2D eigenvalue weighted by Gasteiger charge is 2.05. The lowest BCUT2D eigenvalue weighted by Crippen LogP contribution is -2.07. The molecule has 0 aromatic carbocycles. The summed E-state index contributed by atoms with van der Waals surface area (Å²) < 4.78 is 5.09. The topological polar surface area (TPSA) is 48.1 Å². The van der Waals surface area contributed by atoms with Crippen LogP contribution in [0.3, 0.4) is 0 Å². The van der Waals surface area contributed by atoms with E-state index in [2.05, 4.69) is 4.98 Å². The van der Waals surface area contributed by atoms with Crippen molar-refractivity contribution < 1.29 is 4.74 Å². The summed E-state index contributed by atoms with van der Waals surface area (Å²) in [6, 6.07) is 1.78. The SMILES string of the molecule is COc1ccncc1[C@@H](C)N. The molecular weight excluding hydrogens is 140 g/mol. The highest BCUT2D eigenvalue weighted by molar-refractivity contribution is 5.31. The lowest BCUT2D eigenvalue weighted by Gasteiger charge is -2.09. The average Bonchev–Trinajstić information content (AvgIpc) is 2.04. The molecule has 0 aliphatic heterocycles. The quantitative estimate of drug-likeness (QED) is 0.690. The Morgan fingerprint density at radius 3 is 2.82 bits per heavy atom. The highest BCUT2D eigenvalue weighted by Crippen LogP contribution is 2.20. The standard InChI is InChI=1S/C8H12N2O/c1-6(9)7-5-10-4-3-8(7)11-2/h3-6H,9H2,1-2H3/t6-/m1/s1. The maximum atomic E-state index is 5.67. The molecule has 2 N–H and O–H groups in total. The van der Waals surface area contributed by atoms with Crippen molar-refractivity contribution in [3.8, 4) is 5.75 Å². The smallest absolute Gasteiger partial charge is 0.126 e. The number of hydrogen-bond acceptors (Lipinski definition) is 3.